The molecule has 25 heavy (non-hydrogen) atoms. The van der Waals surface area contributed by atoms with Crippen LogP contribution < -0.4 is 0 Å². The van der Waals surface area contributed by atoms with Crippen molar-refractivity contribution in [3.63, 3.8) is 0 Å². The minimum atomic E-state index is -0.755. The number of thiophene rings is 1. The summed E-state index contributed by atoms with van der Waals surface area (Å²) in [5, 5.41) is 11.0. The lowest BCUT2D eigenvalue weighted by Gasteiger charge is -2.37. The first kappa shape index (κ1) is 17.2. The Kier molecular flexibility index (Phi) is 4.94. The van der Waals surface area contributed by atoms with Gasteiger partial charge in [0.25, 0.3) is 0 Å². The third-order valence-corrected chi connectivity index (χ3v) is 7.12. The van der Waals surface area contributed by atoms with Crippen LogP contribution in [0.4, 0.5) is 0 Å². The number of rotatable bonds is 4. The molecule has 1 aliphatic heterocycles. The Bertz CT molecular complexity index is 695. The van der Waals surface area contributed by atoms with Crippen molar-refractivity contribution in [2.24, 2.45) is 0 Å². The molecule has 3 heterocycles. The molecule has 0 aromatic carbocycles. The van der Waals surface area contributed by atoms with Gasteiger partial charge >= 0.3 is 0 Å². The molecule has 3 nitrogen and oxygen atoms in total. The van der Waals surface area contributed by atoms with E-state index in [0.29, 0.717) is 0 Å². The standard InChI is InChI=1S/C21H28N2OS/c1-16-6-9-20(22-14-16)21(24)10-12-23(13-11-21)15-18-7-8-19(25-18)17-4-2-3-5-17/h6-9,14,17,24H,2-5,10-13,15H2,1H3. The number of piperidine rings is 1. The lowest BCUT2D eigenvalue weighted by atomic mass is 9.87. The van der Waals surface area contributed by atoms with Gasteiger partial charge in [-0.1, -0.05) is 18.9 Å². The Labute approximate surface area is 154 Å². The number of likely N-dealkylation sites (tertiary alicyclic amines) is 1. The number of aliphatic hydroxyl groups is 1. The van der Waals surface area contributed by atoms with E-state index >= 15 is 0 Å². The molecule has 0 radical (unpaired) electrons. The van der Waals surface area contributed by atoms with Gasteiger partial charge in [0, 0.05) is 35.6 Å². The average molecular weight is 357 g/mol. The molecular formula is C21H28N2OS. The number of aromatic nitrogens is 1. The first-order valence-corrected chi connectivity index (χ1v) is 10.4. The zero-order chi connectivity index (χ0) is 17.3. The highest BCUT2D eigenvalue weighted by Gasteiger charge is 2.35. The maximum absolute atomic E-state index is 11.0. The van der Waals surface area contributed by atoms with Crippen molar-refractivity contribution < 1.29 is 5.11 Å². The molecule has 2 fully saturated rings. The van der Waals surface area contributed by atoms with E-state index in [4.69, 9.17) is 0 Å². The highest BCUT2D eigenvalue weighted by molar-refractivity contribution is 7.12. The second kappa shape index (κ2) is 7.18. The van der Waals surface area contributed by atoms with Gasteiger partial charge in [-0.25, -0.2) is 0 Å². The lowest BCUT2D eigenvalue weighted by molar-refractivity contribution is -0.0309. The molecule has 1 N–H and O–H groups in total. The average Bonchev–Trinajstić information content (AvgIpc) is 3.29. The van der Waals surface area contributed by atoms with E-state index in [1.54, 1.807) is 4.88 Å². The van der Waals surface area contributed by atoms with E-state index in [1.165, 1.54) is 30.6 Å². The van der Waals surface area contributed by atoms with E-state index in [0.717, 1.165) is 49.7 Å². The normalized spacial score (nSPS) is 21.7. The highest BCUT2D eigenvalue weighted by Crippen LogP contribution is 2.38. The van der Waals surface area contributed by atoms with Gasteiger partial charge in [0.1, 0.15) is 5.60 Å². The summed E-state index contributed by atoms with van der Waals surface area (Å²) in [6, 6.07) is 8.70. The summed E-state index contributed by atoms with van der Waals surface area (Å²) in [7, 11) is 0. The van der Waals surface area contributed by atoms with Crippen molar-refractivity contribution in [1.82, 2.24) is 9.88 Å². The first-order valence-electron chi connectivity index (χ1n) is 9.59. The Morgan fingerprint density at radius 2 is 1.92 bits per heavy atom. The van der Waals surface area contributed by atoms with Gasteiger partial charge < -0.3 is 5.11 Å². The second-order valence-corrected chi connectivity index (χ2v) is 9.01. The molecule has 1 aliphatic carbocycles. The van der Waals surface area contributed by atoms with Crippen molar-refractivity contribution in [1.29, 1.82) is 0 Å². The summed E-state index contributed by atoms with van der Waals surface area (Å²) < 4.78 is 0. The molecule has 4 rings (SSSR count). The molecule has 2 aromatic heterocycles. The third kappa shape index (κ3) is 3.81. The van der Waals surface area contributed by atoms with E-state index in [2.05, 4.69) is 22.0 Å². The first-order chi connectivity index (χ1) is 12.1. The number of hydrogen-bond acceptors (Lipinski definition) is 4. The summed E-state index contributed by atoms with van der Waals surface area (Å²) in [6.07, 6.45) is 8.94. The quantitative estimate of drug-likeness (QED) is 0.870. The topological polar surface area (TPSA) is 36.4 Å². The van der Waals surface area contributed by atoms with Gasteiger partial charge in [-0.05, 0) is 62.3 Å². The zero-order valence-electron chi connectivity index (χ0n) is 15.1. The van der Waals surface area contributed by atoms with E-state index < -0.39 is 5.60 Å². The number of aryl methyl sites for hydroxylation is 1. The summed E-state index contributed by atoms with van der Waals surface area (Å²) in [6.45, 7) is 4.92. The number of pyridine rings is 1. The molecule has 0 bridgehead atoms. The summed E-state index contributed by atoms with van der Waals surface area (Å²) in [5.74, 6) is 0.817. The zero-order valence-corrected chi connectivity index (χ0v) is 15.9. The fraction of sp³-hybridized carbons (Fsp3) is 0.571. The molecular weight excluding hydrogens is 328 g/mol. The Balaban J connectivity index is 1.35. The van der Waals surface area contributed by atoms with Crippen molar-refractivity contribution in [2.75, 3.05) is 13.1 Å². The number of nitrogens with zero attached hydrogens (tertiary/aromatic N) is 2. The minimum Gasteiger partial charge on any atom is -0.383 e. The predicted octanol–water partition coefficient (Wildman–Crippen LogP) is 4.59. The van der Waals surface area contributed by atoms with Crippen LogP contribution in [0.5, 0.6) is 0 Å². The Hall–Kier alpha value is -1.23. The SMILES string of the molecule is Cc1ccc(C2(O)CCN(Cc3ccc(C4CCCC4)s3)CC2)nc1. The molecule has 4 heteroatoms. The van der Waals surface area contributed by atoms with Crippen LogP contribution in [0.2, 0.25) is 0 Å². The van der Waals surface area contributed by atoms with Crippen molar-refractivity contribution in [3.8, 4) is 0 Å². The van der Waals surface area contributed by atoms with Crippen LogP contribution >= 0.6 is 11.3 Å². The molecule has 2 aliphatic rings. The highest BCUT2D eigenvalue weighted by atomic mass is 32.1. The predicted molar refractivity (Wildman–Crippen MR) is 103 cm³/mol. The van der Waals surface area contributed by atoms with Crippen LogP contribution in [0.3, 0.4) is 0 Å². The molecule has 134 valence electrons. The van der Waals surface area contributed by atoms with Gasteiger partial charge in [0.15, 0.2) is 0 Å². The lowest BCUT2D eigenvalue weighted by Crippen LogP contribution is -2.42. The molecule has 2 aromatic rings. The molecule has 0 unspecified atom stereocenters. The largest absolute Gasteiger partial charge is 0.383 e. The fourth-order valence-corrected chi connectivity index (χ4v) is 5.43. The molecule has 0 amide bonds. The van der Waals surface area contributed by atoms with Gasteiger partial charge in [-0.3, -0.25) is 9.88 Å². The van der Waals surface area contributed by atoms with E-state index in [-0.39, 0.29) is 0 Å². The molecule has 0 atom stereocenters. The molecule has 1 saturated carbocycles. The van der Waals surface area contributed by atoms with Crippen molar-refractivity contribution in [3.05, 3.63) is 51.5 Å². The minimum absolute atomic E-state index is 0.755. The van der Waals surface area contributed by atoms with Crippen molar-refractivity contribution in [2.45, 2.75) is 63.5 Å². The maximum atomic E-state index is 11.0. The summed E-state index contributed by atoms with van der Waals surface area (Å²) in [4.78, 5) is 10.0. The van der Waals surface area contributed by atoms with Crippen LogP contribution in [-0.4, -0.2) is 28.1 Å². The number of hydrogen-bond donors (Lipinski definition) is 1. The monoisotopic (exact) mass is 356 g/mol. The Morgan fingerprint density at radius 1 is 1.16 bits per heavy atom. The maximum Gasteiger partial charge on any atom is 0.109 e. The van der Waals surface area contributed by atoms with Gasteiger partial charge in [-0.2, -0.15) is 0 Å². The smallest absolute Gasteiger partial charge is 0.109 e. The molecule has 0 spiro atoms. The van der Waals surface area contributed by atoms with Crippen LogP contribution in [0.15, 0.2) is 30.5 Å². The van der Waals surface area contributed by atoms with Crippen LogP contribution in [-0.2, 0) is 12.1 Å². The third-order valence-electron chi connectivity index (χ3n) is 5.89. The van der Waals surface area contributed by atoms with Gasteiger partial charge in [-0.15, -0.1) is 11.3 Å². The van der Waals surface area contributed by atoms with Crippen LogP contribution in [0.25, 0.3) is 0 Å². The van der Waals surface area contributed by atoms with Gasteiger partial charge in [0.05, 0.1) is 5.69 Å². The van der Waals surface area contributed by atoms with Gasteiger partial charge in [0.2, 0.25) is 0 Å². The van der Waals surface area contributed by atoms with Crippen molar-refractivity contribution >= 4 is 11.3 Å². The van der Waals surface area contributed by atoms with Crippen LogP contribution in [0.1, 0.15) is 65.5 Å². The summed E-state index contributed by atoms with van der Waals surface area (Å²) >= 11 is 2.01. The summed E-state index contributed by atoms with van der Waals surface area (Å²) in [5.41, 5.74) is 1.22. The van der Waals surface area contributed by atoms with E-state index in [1.807, 2.05) is 36.6 Å². The van der Waals surface area contributed by atoms with E-state index in [9.17, 15) is 5.11 Å². The second-order valence-electron chi connectivity index (χ2n) is 7.81. The Morgan fingerprint density at radius 3 is 2.60 bits per heavy atom. The van der Waals surface area contributed by atoms with Crippen LogP contribution in [0, 0.1) is 6.92 Å². The fourth-order valence-electron chi connectivity index (χ4n) is 4.21. The molecule has 1 saturated heterocycles.